The summed E-state index contributed by atoms with van der Waals surface area (Å²) in [6, 6.07) is 0. The van der Waals surface area contributed by atoms with Crippen LogP contribution < -0.4 is 0 Å². The van der Waals surface area contributed by atoms with Crippen LogP contribution in [0.15, 0.2) is 4.42 Å². The summed E-state index contributed by atoms with van der Waals surface area (Å²) in [6.45, 7) is 1.50. The summed E-state index contributed by atoms with van der Waals surface area (Å²) in [5.41, 5.74) is 0.480. The first kappa shape index (κ1) is 11.9. The fraction of sp³-hybridized carbons (Fsp3) is 0.455. The van der Waals surface area contributed by atoms with Crippen LogP contribution in [0.2, 0.25) is 0 Å². The quantitative estimate of drug-likeness (QED) is 0.716. The van der Waals surface area contributed by atoms with Gasteiger partial charge in [-0.3, -0.25) is 9.59 Å². The molecule has 0 saturated heterocycles. The highest BCUT2D eigenvalue weighted by atomic mass is 19.4. The number of Topliss-reactive ketones (excluding diaryl/α,β-unsaturated/α-hetero) is 1. The Morgan fingerprint density at radius 2 is 2.00 bits per heavy atom. The third-order valence-corrected chi connectivity index (χ3v) is 2.97. The summed E-state index contributed by atoms with van der Waals surface area (Å²) in [7, 11) is 0. The average molecular weight is 246 g/mol. The average Bonchev–Trinajstić information content (AvgIpc) is 2.54. The topological polar surface area (TPSA) is 47.3 Å². The van der Waals surface area contributed by atoms with Crippen LogP contribution >= 0.6 is 0 Å². The summed E-state index contributed by atoms with van der Waals surface area (Å²) in [5.74, 6) is -2.41. The van der Waals surface area contributed by atoms with Crippen molar-refractivity contribution in [2.45, 2.75) is 25.9 Å². The molecule has 1 unspecified atom stereocenters. The molecule has 1 aliphatic carbocycles. The molecule has 6 heteroatoms. The standard InChI is InChI=1S/C11H9F3O3/c1-5-9(4-15)17-8-3-6(11(12,13)14)2-7(16)10(5)8/h4,6H,2-3H2,1H3. The molecule has 0 aliphatic heterocycles. The fourth-order valence-electron chi connectivity index (χ4n) is 2.07. The molecule has 1 aromatic rings. The van der Waals surface area contributed by atoms with Gasteiger partial charge in [-0.1, -0.05) is 0 Å². The monoisotopic (exact) mass is 246 g/mol. The van der Waals surface area contributed by atoms with E-state index in [1.54, 1.807) is 0 Å². The number of rotatable bonds is 1. The van der Waals surface area contributed by atoms with E-state index in [1.165, 1.54) is 6.92 Å². The van der Waals surface area contributed by atoms with Crippen molar-refractivity contribution >= 4 is 12.1 Å². The van der Waals surface area contributed by atoms with Crippen molar-refractivity contribution < 1.29 is 27.2 Å². The molecule has 3 nitrogen and oxygen atoms in total. The lowest BCUT2D eigenvalue weighted by Gasteiger charge is -2.22. The van der Waals surface area contributed by atoms with Gasteiger partial charge >= 0.3 is 6.18 Å². The van der Waals surface area contributed by atoms with Gasteiger partial charge in [-0.2, -0.15) is 13.2 Å². The van der Waals surface area contributed by atoms with Crippen molar-refractivity contribution in [3.05, 3.63) is 22.6 Å². The maximum absolute atomic E-state index is 12.5. The third-order valence-electron chi connectivity index (χ3n) is 2.97. The van der Waals surface area contributed by atoms with Gasteiger partial charge in [0.1, 0.15) is 5.76 Å². The number of ketones is 1. The zero-order valence-electron chi connectivity index (χ0n) is 8.93. The molecule has 17 heavy (non-hydrogen) atoms. The van der Waals surface area contributed by atoms with E-state index in [9.17, 15) is 22.8 Å². The van der Waals surface area contributed by atoms with Gasteiger partial charge < -0.3 is 4.42 Å². The first-order chi connectivity index (χ1) is 7.84. The van der Waals surface area contributed by atoms with Crippen LogP contribution in [0.5, 0.6) is 0 Å². The Hall–Kier alpha value is -1.59. The molecule has 1 aliphatic rings. The maximum Gasteiger partial charge on any atom is 0.392 e. The predicted octanol–water partition coefficient (Wildman–Crippen LogP) is 2.71. The minimum Gasteiger partial charge on any atom is -0.457 e. The van der Waals surface area contributed by atoms with Crippen molar-refractivity contribution in [3.63, 3.8) is 0 Å². The van der Waals surface area contributed by atoms with Crippen LogP contribution in [0.4, 0.5) is 13.2 Å². The summed E-state index contributed by atoms with van der Waals surface area (Å²) < 4.78 is 42.6. The van der Waals surface area contributed by atoms with Crippen LogP contribution in [-0.4, -0.2) is 18.2 Å². The molecule has 2 rings (SSSR count). The van der Waals surface area contributed by atoms with E-state index in [0.717, 1.165) is 0 Å². The summed E-state index contributed by atoms with van der Waals surface area (Å²) in [6.07, 6.45) is -4.96. The Kier molecular flexibility index (Phi) is 2.60. The lowest BCUT2D eigenvalue weighted by atomic mass is 9.85. The molecular weight excluding hydrogens is 237 g/mol. The largest absolute Gasteiger partial charge is 0.457 e. The summed E-state index contributed by atoms with van der Waals surface area (Å²) in [4.78, 5) is 22.2. The zero-order chi connectivity index (χ0) is 12.8. The first-order valence-corrected chi connectivity index (χ1v) is 5.02. The molecule has 0 bridgehead atoms. The van der Waals surface area contributed by atoms with E-state index in [0.29, 0.717) is 11.8 Å². The van der Waals surface area contributed by atoms with Crippen LogP contribution in [-0.2, 0) is 6.42 Å². The number of furan rings is 1. The van der Waals surface area contributed by atoms with E-state index >= 15 is 0 Å². The molecule has 1 atom stereocenters. The number of carbonyl (C=O) groups is 2. The van der Waals surface area contributed by atoms with Gasteiger partial charge in [-0.25, -0.2) is 0 Å². The van der Waals surface area contributed by atoms with Gasteiger partial charge in [0.05, 0.1) is 11.5 Å². The Labute approximate surface area is 94.6 Å². The van der Waals surface area contributed by atoms with Crippen LogP contribution in [0.1, 0.15) is 38.7 Å². The number of alkyl halides is 3. The number of carbonyl (C=O) groups excluding carboxylic acids is 2. The lowest BCUT2D eigenvalue weighted by molar-refractivity contribution is -0.174. The highest BCUT2D eigenvalue weighted by Gasteiger charge is 2.45. The molecular formula is C11H9F3O3. The normalized spacial score (nSPS) is 20.2. The van der Waals surface area contributed by atoms with Gasteiger partial charge in [-0.15, -0.1) is 0 Å². The second kappa shape index (κ2) is 3.72. The Morgan fingerprint density at radius 1 is 1.35 bits per heavy atom. The van der Waals surface area contributed by atoms with Crippen LogP contribution in [0.25, 0.3) is 0 Å². The van der Waals surface area contributed by atoms with Gasteiger partial charge in [0.2, 0.25) is 0 Å². The fourth-order valence-corrected chi connectivity index (χ4v) is 2.07. The van der Waals surface area contributed by atoms with Crippen molar-refractivity contribution in [1.29, 1.82) is 0 Å². The molecule has 0 N–H and O–H groups in total. The van der Waals surface area contributed by atoms with E-state index in [4.69, 9.17) is 4.42 Å². The zero-order valence-corrected chi connectivity index (χ0v) is 8.93. The van der Waals surface area contributed by atoms with Gasteiger partial charge in [0, 0.05) is 18.4 Å². The van der Waals surface area contributed by atoms with Gasteiger partial charge in [-0.05, 0) is 6.92 Å². The molecule has 0 amide bonds. The lowest BCUT2D eigenvalue weighted by Crippen LogP contribution is -2.31. The molecule has 92 valence electrons. The second-order valence-corrected chi connectivity index (χ2v) is 4.08. The van der Waals surface area contributed by atoms with Crippen molar-refractivity contribution in [3.8, 4) is 0 Å². The number of hydrogen-bond acceptors (Lipinski definition) is 3. The number of hydrogen-bond donors (Lipinski definition) is 0. The minimum absolute atomic E-state index is 0.0248. The first-order valence-electron chi connectivity index (χ1n) is 5.02. The molecule has 0 saturated carbocycles. The van der Waals surface area contributed by atoms with Gasteiger partial charge in [0.25, 0.3) is 0 Å². The number of aldehydes is 1. The van der Waals surface area contributed by atoms with Crippen molar-refractivity contribution in [2.75, 3.05) is 0 Å². The van der Waals surface area contributed by atoms with Crippen molar-refractivity contribution in [1.82, 2.24) is 0 Å². The van der Waals surface area contributed by atoms with E-state index in [-0.39, 0.29) is 23.5 Å². The van der Waals surface area contributed by atoms with E-state index in [1.807, 2.05) is 0 Å². The highest BCUT2D eigenvalue weighted by Crippen LogP contribution is 2.39. The molecule has 0 spiro atoms. The summed E-state index contributed by atoms with van der Waals surface area (Å²) in [5, 5.41) is 0. The second-order valence-electron chi connectivity index (χ2n) is 4.08. The Bertz CT molecular complexity index is 485. The Balaban J connectivity index is 2.45. The molecule has 0 radical (unpaired) electrons. The van der Waals surface area contributed by atoms with Gasteiger partial charge in [0.15, 0.2) is 17.8 Å². The van der Waals surface area contributed by atoms with E-state index in [2.05, 4.69) is 0 Å². The third kappa shape index (κ3) is 1.87. The SMILES string of the molecule is Cc1c(C=O)oc2c1C(=O)CC(C(F)(F)F)C2. The number of fused-ring (bicyclic) bond motifs is 1. The molecule has 0 aromatic carbocycles. The van der Waals surface area contributed by atoms with Crippen LogP contribution in [0, 0.1) is 12.8 Å². The molecule has 0 fully saturated rings. The maximum atomic E-state index is 12.5. The molecule has 1 aromatic heterocycles. The van der Waals surface area contributed by atoms with Crippen molar-refractivity contribution in [2.24, 2.45) is 5.92 Å². The smallest absolute Gasteiger partial charge is 0.392 e. The molecule has 1 heterocycles. The summed E-state index contributed by atoms with van der Waals surface area (Å²) >= 11 is 0. The van der Waals surface area contributed by atoms with E-state index < -0.39 is 24.3 Å². The minimum atomic E-state index is -4.42. The predicted molar refractivity (Wildman–Crippen MR) is 51.0 cm³/mol. The Morgan fingerprint density at radius 3 is 2.53 bits per heavy atom. The number of halogens is 3. The van der Waals surface area contributed by atoms with Crippen LogP contribution in [0.3, 0.4) is 0 Å². The highest BCUT2D eigenvalue weighted by molar-refractivity contribution is 6.01.